The summed E-state index contributed by atoms with van der Waals surface area (Å²) in [5.41, 5.74) is 4.58. The average molecular weight is 343 g/mol. The Balaban J connectivity index is 1.57. The summed E-state index contributed by atoms with van der Waals surface area (Å²) in [7, 11) is 2.16. The lowest BCUT2D eigenvalue weighted by Gasteiger charge is -2.34. The highest BCUT2D eigenvalue weighted by molar-refractivity contribution is 5.90. The zero-order valence-electron chi connectivity index (χ0n) is 14.8. The number of likely N-dealkylation sites (N-methyl/N-ethyl adjacent to an activating group) is 1. The van der Waals surface area contributed by atoms with Crippen LogP contribution in [-0.4, -0.2) is 48.1 Å². The molecule has 0 radical (unpaired) electrons. The number of aromatic amines is 1. The third kappa shape index (κ3) is 3.32. The molecule has 1 aliphatic rings. The minimum atomic E-state index is 0.536. The second-order valence-electron chi connectivity index (χ2n) is 6.65. The molecule has 1 aromatic heterocycles. The van der Waals surface area contributed by atoms with Crippen LogP contribution in [0.3, 0.4) is 0 Å². The van der Waals surface area contributed by atoms with E-state index >= 15 is 0 Å². The van der Waals surface area contributed by atoms with Crippen molar-refractivity contribution >= 4 is 28.4 Å². The van der Waals surface area contributed by atoms with E-state index in [2.05, 4.69) is 57.2 Å². The Bertz CT molecular complexity index is 937. The Morgan fingerprint density at radius 2 is 1.81 bits per heavy atom. The SMILES string of the molecule is CN1CCN(c2ccc(/C=C(\C#N)c3nc4ccccc4[nH]3)cc2)CC1. The van der Waals surface area contributed by atoms with Crippen LogP contribution in [0, 0.1) is 11.3 Å². The minimum absolute atomic E-state index is 0.536. The molecule has 0 saturated carbocycles. The van der Waals surface area contributed by atoms with Gasteiger partial charge < -0.3 is 14.8 Å². The van der Waals surface area contributed by atoms with E-state index in [1.807, 2.05) is 30.3 Å². The van der Waals surface area contributed by atoms with Gasteiger partial charge in [0.1, 0.15) is 11.9 Å². The maximum Gasteiger partial charge on any atom is 0.149 e. The Labute approximate surface area is 153 Å². The first-order valence-electron chi connectivity index (χ1n) is 8.83. The van der Waals surface area contributed by atoms with Crippen molar-refractivity contribution < 1.29 is 0 Å². The van der Waals surface area contributed by atoms with Crippen molar-refractivity contribution in [1.82, 2.24) is 14.9 Å². The van der Waals surface area contributed by atoms with Gasteiger partial charge in [-0.15, -0.1) is 0 Å². The molecule has 1 N–H and O–H groups in total. The van der Waals surface area contributed by atoms with Gasteiger partial charge in [-0.1, -0.05) is 24.3 Å². The number of nitrogens with one attached hydrogen (secondary N) is 1. The quantitative estimate of drug-likeness (QED) is 0.741. The van der Waals surface area contributed by atoms with E-state index in [1.54, 1.807) is 0 Å². The standard InChI is InChI=1S/C21H21N5/c1-25-10-12-26(13-11-25)18-8-6-16(7-9-18)14-17(15-22)21-23-19-4-2-3-5-20(19)24-21/h2-9,14H,10-13H2,1H3,(H,23,24)/b17-14+. The van der Waals surface area contributed by atoms with E-state index in [1.165, 1.54) is 5.69 Å². The van der Waals surface area contributed by atoms with Crippen molar-refractivity contribution in [3.8, 4) is 6.07 Å². The summed E-state index contributed by atoms with van der Waals surface area (Å²) in [6.07, 6.45) is 1.88. The van der Waals surface area contributed by atoms with Gasteiger partial charge in [-0.3, -0.25) is 0 Å². The lowest BCUT2D eigenvalue weighted by molar-refractivity contribution is 0.313. The van der Waals surface area contributed by atoms with Crippen LogP contribution in [0.2, 0.25) is 0 Å². The summed E-state index contributed by atoms with van der Waals surface area (Å²) in [5.74, 6) is 0.608. The van der Waals surface area contributed by atoms with Gasteiger partial charge in [-0.25, -0.2) is 4.98 Å². The molecule has 3 aromatic rings. The van der Waals surface area contributed by atoms with E-state index in [4.69, 9.17) is 0 Å². The van der Waals surface area contributed by atoms with Crippen molar-refractivity contribution in [3.63, 3.8) is 0 Å². The first kappa shape index (κ1) is 16.4. The number of piperazine rings is 1. The van der Waals surface area contributed by atoms with Crippen LogP contribution < -0.4 is 4.90 Å². The van der Waals surface area contributed by atoms with Crippen molar-refractivity contribution in [3.05, 3.63) is 59.9 Å². The second-order valence-corrected chi connectivity index (χ2v) is 6.65. The summed E-state index contributed by atoms with van der Waals surface area (Å²) in [4.78, 5) is 12.5. The van der Waals surface area contributed by atoms with Gasteiger partial charge in [0.05, 0.1) is 16.6 Å². The van der Waals surface area contributed by atoms with Crippen molar-refractivity contribution in [2.75, 3.05) is 38.1 Å². The summed E-state index contributed by atoms with van der Waals surface area (Å²) >= 11 is 0. The van der Waals surface area contributed by atoms with Crippen LogP contribution in [0.4, 0.5) is 5.69 Å². The number of anilines is 1. The largest absolute Gasteiger partial charge is 0.369 e. The second kappa shape index (κ2) is 7.03. The van der Waals surface area contributed by atoms with E-state index in [0.717, 1.165) is 42.8 Å². The third-order valence-electron chi connectivity index (χ3n) is 4.84. The van der Waals surface area contributed by atoms with Crippen LogP contribution in [0.25, 0.3) is 22.7 Å². The molecular formula is C21H21N5. The van der Waals surface area contributed by atoms with Gasteiger partial charge in [0.25, 0.3) is 0 Å². The highest BCUT2D eigenvalue weighted by atomic mass is 15.2. The van der Waals surface area contributed by atoms with Gasteiger partial charge in [-0.05, 0) is 43.0 Å². The molecule has 26 heavy (non-hydrogen) atoms. The Morgan fingerprint density at radius 1 is 1.08 bits per heavy atom. The highest BCUT2D eigenvalue weighted by Crippen LogP contribution is 2.21. The fourth-order valence-electron chi connectivity index (χ4n) is 3.25. The number of nitriles is 1. The normalized spacial score (nSPS) is 16.0. The molecule has 0 atom stereocenters. The molecule has 1 fully saturated rings. The fraction of sp³-hybridized carbons (Fsp3) is 0.238. The molecule has 0 spiro atoms. The number of rotatable bonds is 3. The molecular weight excluding hydrogens is 322 g/mol. The number of hydrogen-bond acceptors (Lipinski definition) is 4. The molecule has 5 heteroatoms. The predicted molar refractivity (Wildman–Crippen MR) is 106 cm³/mol. The molecule has 130 valence electrons. The topological polar surface area (TPSA) is 58.9 Å². The number of allylic oxidation sites excluding steroid dienone is 1. The third-order valence-corrected chi connectivity index (χ3v) is 4.84. The lowest BCUT2D eigenvalue weighted by Crippen LogP contribution is -2.44. The monoisotopic (exact) mass is 343 g/mol. The summed E-state index contributed by atoms with van der Waals surface area (Å²) in [5, 5.41) is 9.56. The number of aromatic nitrogens is 2. The van der Waals surface area contributed by atoms with Crippen LogP contribution >= 0.6 is 0 Å². The highest BCUT2D eigenvalue weighted by Gasteiger charge is 2.14. The Hall–Kier alpha value is -3.10. The molecule has 0 unspecified atom stereocenters. The number of benzene rings is 2. The zero-order valence-corrected chi connectivity index (χ0v) is 14.8. The number of nitrogens with zero attached hydrogens (tertiary/aromatic N) is 4. The average Bonchev–Trinajstić information content (AvgIpc) is 3.11. The maximum atomic E-state index is 9.56. The van der Waals surface area contributed by atoms with Gasteiger partial charge in [0.15, 0.2) is 0 Å². The van der Waals surface area contributed by atoms with Gasteiger partial charge in [-0.2, -0.15) is 5.26 Å². The van der Waals surface area contributed by atoms with Gasteiger partial charge >= 0.3 is 0 Å². The van der Waals surface area contributed by atoms with E-state index in [0.29, 0.717) is 11.4 Å². The van der Waals surface area contributed by atoms with Gasteiger partial charge in [0.2, 0.25) is 0 Å². The summed E-state index contributed by atoms with van der Waals surface area (Å²) in [6, 6.07) is 18.5. The molecule has 1 saturated heterocycles. The molecule has 0 bridgehead atoms. The van der Waals surface area contributed by atoms with Crippen LogP contribution in [0.15, 0.2) is 48.5 Å². The number of para-hydroxylation sites is 2. The summed E-state index contributed by atoms with van der Waals surface area (Å²) < 4.78 is 0. The Morgan fingerprint density at radius 3 is 2.50 bits per heavy atom. The van der Waals surface area contributed by atoms with Gasteiger partial charge in [0, 0.05) is 31.9 Å². The fourth-order valence-corrected chi connectivity index (χ4v) is 3.25. The first-order valence-corrected chi connectivity index (χ1v) is 8.83. The zero-order chi connectivity index (χ0) is 17.9. The number of H-pyrrole nitrogens is 1. The molecule has 0 aliphatic carbocycles. The van der Waals surface area contributed by atoms with Crippen LogP contribution in [-0.2, 0) is 0 Å². The molecule has 1 aliphatic heterocycles. The van der Waals surface area contributed by atoms with Crippen LogP contribution in [0.5, 0.6) is 0 Å². The van der Waals surface area contributed by atoms with Crippen molar-refractivity contribution in [1.29, 1.82) is 5.26 Å². The molecule has 4 rings (SSSR count). The molecule has 2 aromatic carbocycles. The summed E-state index contributed by atoms with van der Waals surface area (Å²) in [6.45, 7) is 4.28. The van der Waals surface area contributed by atoms with Crippen molar-refractivity contribution in [2.45, 2.75) is 0 Å². The van der Waals surface area contributed by atoms with E-state index in [-0.39, 0.29) is 0 Å². The minimum Gasteiger partial charge on any atom is -0.369 e. The van der Waals surface area contributed by atoms with Crippen LogP contribution in [0.1, 0.15) is 11.4 Å². The lowest BCUT2D eigenvalue weighted by atomic mass is 10.1. The first-order chi connectivity index (χ1) is 12.7. The molecule has 5 nitrogen and oxygen atoms in total. The smallest absolute Gasteiger partial charge is 0.149 e. The van der Waals surface area contributed by atoms with E-state index < -0.39 is 0 Å². The predicted octanol–water partition coefficient (Wildman–Crippen LogP) is 3.38. The number of imidazole rings is 1. The number of hydrogen-bond donors (Lipinski definition) is 1. The molecule has 2 heterocycles. The maximum absolute atomic E-state index is 9.56. The Kier molecular flexibility index (Phi) is 4.42. The van der Waals surface area contributed by atoms with E-state index in [9.17, 15) is 5.26 Å². The van der Waals surface area contributed by atoms with Crippen molar-refractivity contribution in [2.24, 2.45) is 0 Å². The molecule has 0 amide bonds. The number of fused-ring (bicyclic) bond motifs is 1.